The van der Waals surface area contributed by atoms with Crippen molar-refractivity contribution in [2.75, 3.05) is 31.6 Å². The first-order chi connectivity index (χ1) is 15.4. The molecular weight excluding hydrogens is 437 g/mol. The standard InChI is InChI=1S/C22H25ClFN5O3/c1-12-20(23)13(2)29-21(25-12)17-10-28(11-18(17)26-29)22(31)16-4-3-14(24)7-19(16)32-15-8-27(9-15)5-6-30/h3-4,7,12,15,25,30H,5-6,8-11H2,1-2H3. The molecule has 8 nitrogen and oxygen atoms in total. The highest BCUT2D eigenvalue weighted by Gasteiger charge is 2.35. The van der Waals surface area contributed by atoms with Gasteiger partial charge in [-0.15, -0.1) is 0 Å². The summed E-state index contributed by atoms with van der Waals surface area (Å²) in [5, 5.41) is 17.8. The predicted octanol–water partition coefficient (Wildman–Crippen LogP) is 2.47. The first kappa shape index (κ1) is 21.2. The number of aliphatic hydroxyl groups excluding tert-OH is 1. The smallest absolute Gasteiger partial charge is 0.258 e. The number of aromatic nitrogens is 2. The lowest BCUT2D eigenvalue weighted by Gasteiger charge is -2.38. The van der Waals surface area contributed by atoms with Crippen LogP contribution in [0.4, 0.5) is 10.2 Å². The summed E-state index contributed by atoms with van der Waals surface area (Å²) < 4.78 is 21.7. The molecule has 1 aromatic carbocycles. The number of rotatable bonds is 5. The molecule has 2 aromatic rings. The van der Waals surface area contributed by atoms with Gasteiger partial charge in [0.05, 0.1) is 47.7 Å². The lowest BCUT2D eigenvalue weighted by atomic mass is 10.1. The fourth-order valence-corrected chi connectivity index (χ4v) is 4.61. The Labute approximate surface area is 190 Å². The van der Waals surface area contributed by atoms with Crippen molar-refractivity contribution < 1.29 is 19.0 Å². The van der Waals surface area contributed by atoms with E-state index in [1.807, 2.05) is 18.7 Å². The third-order valence-corrected chi connectivity index (χ3v) is 6.85. The third kappa shape index (κ3) is 3.54. The molecule has 4 heterocycles. The van der Waals surface area contributed by atoms with E-state index in [1.54, 1.807) is 9.58 Å². The van der Waals surface area contributed by atoms with Gasteiger partial charge in [0.1, 0.15) is 23.5 Å². The Balaban J connectivity index is 1.34. The van der Waals surface area contributed by atoms with Gasteiger partial charge in [-0.2, -0.15) is 5.10 Å². The van der Waals surface area contributed by atoms with Gasteiger partial charge in [0, 0.05) is 31.3 Å². The Morgan fingerprint density at radius 1 is 1.38 bits per heavy atom. The number of carbonyl (C=O) groups is 1. The van der Waals surface area contributed by atoms with Crippen LogP contribution in [-0.2, 0) is 13.1 Å². The number of halogens is 2. The van der Waals surface area contributed by atoms with Gasteiger partial charge in [-0.25, -0.2) is 9.07 Å². The van der Waals surface area contributed by atoms with Crippen LogP contribution >= 0.6 is 11.6 Å². The second-order valence-electron chi connectivity index (χ2n) is 8.51. The molecule has 170 valence electrons. The molecule has 3 aliphatic rings. The number of likely N-dealkylation sites (tertiary alicyclic amines) is 1. The topological polar surface area (TPSA) is 82.9 Å². The highest BCUT2D eigenvalue weighted by Crippen LogP contribution is 2.38. The fraction of sp³-hybridized carbons (Fsp3) is 0.455. The van der Waals surface area contributed by atoms with Crippen molar-refractivity contribution in [3.8, 4) is 5.75 Å². The van der Waals surface area contributed by atoms with Crippen LogP contribution in [0.3, 0.4) is 0 Å². The van der Waals surface area contributed by atoms with E-state index in [-0.39, 0.29) is 30.4 Å². The summed E-state index contributed by atoms with van der Waals surface area (Å²) in [5.41, 5.74) is 3.00. The first-order valence-electron chi connectivity index (χ1n) is 10.7. The number of ether oxygens (including phenoxy) is 1. The number of benzene rings is 1. The van der Waals surface area contributed by atoms with E-state index in [9.17, 15) is 9.18 Å². The Hall–Kier alpha value is -2.62. The molecule has 1 unspecified atom stereocenters. The van der Waals surface area contributed by atoms with Crippen LogP contribution < -0.4 is 10.1 Å². The van der Waals surface area contributed by atoms with Gasteiger partial charge in [0.15, 0.2) is 0 Å². The van der Waals surface area contributed by atoms with E-state index in [1.165, 1.54) is 18.2 Å². The molecular formula is C22H25ClFN5O3. The average molecular weight is 462 g/mol. The number of fused-ring (bicyclic) bond motifs is 3. The van der Waals surface area contributed by atoms with Crippen molar-refractivity contribution in [2.24, 2.45) is 0 Å². The number of β-amino-alcohol motifs (C(OH)–C–C–N with tert-alkyl or cyclic N) is 1. The maximum atomic E-state index is 13.9. The Morgan fingerprint density at radius 3 is 2.91 bits per heavy atom. The molecule has 10 heteroatoms. The Kier molecular flexibility index (Phi) is 5.35. The molecule has 32 heavy (non-hydrogen) atoms. The summed E-state index contributed by atoms with van der Waals surface area (Å²) in [7, 11) is 0. The molecule has 1 amide bonds. The number of nitrogens with zero attached hydrogens (tertiary/aromatic N) is 4. The molecule has 5 rings (SSSR count). The van der Waals surface area contributed by atoms with Crippen LogP contribution in [-0.4, -0.2) is 69.0 Å². The summed E-state index contributed by atoms with van der Waals surface area (Å²) in [6.07, 6.45) is -0.136. The van der Waals surface area contributed by atoms with Crippen LogP contribution in [0.15, 0.2) is 23.2 Å². The largest absolute Gasteiger partial charge is 0.487 e. The van der Waals surface area contributed by atoms with Gasteiger partial charge in [-0.3, -0.25) is 9.69 Å². The summed E-state index contributed by atoms with van der Waals surface area (Å²) >= 11 is 6.37. The quantitative estimate of drug-likeness (QED) is 0.712. The number of allylic oxidation sites excluding steroid dienone is 1. The highest BCUT2D eigenvalue weighted by atomic mass is 35.5. The Morgan fingerprint density at radius 2 is 2.16 bits per heavy atom. The number of aliphatic hydroxyl groups is 1. The zero-order valence-electron chi connectivity index (χ0n) is 17.9. The second-order valence-corrected chi connectivity index (χ2v) is 8.92. The van der Waals surface area contributed by atoms with Crippen LogP contribution in [0.5, 0.6) is 5.75 Å². The van der Waals surface area contributed by atoms with Crippen LogP contribution in [0.1, 0.15) is 35.5 Å². The van der Waals surface area contributed by atoms with Gasteiger partial charge in [0.2, 0.25) is 0 Å². The van der Waals surface area contributed by atoms with Gasteiger partial charge in [-0.1, -0.05) is 11.6 Å². The molecule has 1 atom stereocenters. The van der Waals surface area contributed by atoms with Gasteiger partial charge < -0.3 is 20.1 Å². The molecule has 3 aliphatic heterocycles. The number of carbonyl (C=O) groups excluding carboxylic acids is 1. The lowest BCUT2D eigenvalue weighted by Crippen LogP contribution is -2.54. The van der Waals surface area contributed by atoms with Crippen LogP contribution in [0.2, 0.25) is 0 Å². The molecule has 0 bridgehead atoms. The lowest BCUT2D eigenvalue weighted by molar-refractivity contribution is 0.00984. The molecule has 0 radical (unpaired) electrons. The van der Waals surface area contributed by atoms with Crippen molar-refractivity contribution in [3.63, 3.8) is 0 Å². The molecule has 1 saturated heterocycles. The van der Waals surface area contributed by atoms with Crippen molar-refractivity contribution in [3.05, 3.63) is 45.9 Å². The third-order valence-electron chi connectivity index (χ3n) is 6.25. The highest BCUT2D eigenvalue weighted by molar-refractivity contribution is 6.33. The molecule has 0 spiro atoms. The summed E-state index contributed by atoms with van der Waals surface area (Å²) in [4.78, 5) is 17.1. The van der Waals surface area contributed by atoms with Crippen LogP contribution in [0.25, 0.3) is 5.70 Å². The van der Waals surface area contributed by atoms with E-state index < -0.39 is 5.82 Å². The second kappa shape index (κ2) is 8.06. The Bertz CT molecular complexity index is 1110. The van der Waals surface area contributed by atoms with Crippen molar-refractivity contribution in [1.82, 2.24) is 19.6 Å². The number of hydrogen-bond acceptors (Lipinski definition) is 6. The number of nitrogens with one attached hydrogen (secondary N) is 1. The van der Waals surface area contributed by atoms with Gasteiger partial charge in [-0.05, 0) is 26.0 Å². The van der Waals surface area contributed by atoms with Gasteiger partial charge in [0.25, 0.3) is 5.91 Å². The molecule has 1 aromatic heterocycles. The predicted molar refractivity (Wildman–Crippen MR) is 118 cm³/mol. The van der Waals surface area contributed by atoms with E-state index in [2.05, 4.69) is 10.4 Å². The fourth-order valence-electron chi connectivity index (χ4n) is 4.48. The van der Waals surface area contributed by atoms with E-state index in [0.717, 1.165) is 22.8 Å². The molecule has 0 saturated carbocycles. The molecule has 0 aliphatic carbocycles. The van der Waals surface area contributed by atoms with E-state index >= 15 is 0 Å². The maximum Gasteiger partial charge on any atom is 0.258 e. The van der Waals surface area contributed by atoms with E-state index in [0.29, 0.717) is 43.3 Å². The minimum atomic E-state index is -0.453. The monoisotopic (exact) mass is 461 g/mol. The average Bonchev–Trinajstić information content (AvgIpc) is 3.29. The zero-order chi connectivity index (χ0) is 22.6. The number of amides is 1. The normalized spacial score (nSPS) is 20.7. The molecule has 1 fully saturated rings. The van der Waals surface area contributed by atoms with Crippen LogP contribution in [0, 0.1) is 5.82 Å². The van der Waals surface area contributed by atoms with Crippen molar-refractivity contribution in [2.45, 2.75) is 39.1 Å². The first-order valence-corrected chi connectivity index (χ1v) is 11.1. The van der Waals surface area contributed by atoms with E-state index in [4.69, 9.17) is 21.4 Å². The van der Waals surface area contributed by atoms with Gasteiger partial charge >= 0.3 is 0 Å². The summed E-state index contributed by atoms with van der Waals surface area (Å²) in [6, 6.07) is 3.99. The SMILES string of the molecule is CC1=C(Cl)C(C)Nc2c3c(nn21)CN(C(=O)c1ccc(F)cc1OC1CN(CCO)C1)C3. The molecule has 2 N–H and O–H groups in total. The van der Waals surface area contributed by atoms with Crippen molar-refractivity contribution >= 4 is 29.0 Å². The summed E-state index contributed by atoms with van der Waals surface area (Å²) in [5.74, 6) is 0.430. The summed E-state index contributed by atoms with van der Waals surface area (Å²) in [6.45, 7) is 6.60. The van der Waals surface area contributed by atoms with Crippen molar-refractivity contribution in [1.29, 1.82) is 0 Å². The minimum Gasteiger partial charge on any atom is -0.487 e. The number of hydrogen-bond donors (Lipinski definition) is 2. The maximum absolute atomic E-state index is 13.9. The zero-order valence-corrected chi connectivity index (χ0v) is 18.7. The number of anilines is 1. The minimum absolute atomic E-state index is 0.0281.